The zero-order chi connectivity index (χ0) is 11.1. The molecule has 16 heavy (non-hydrogen) atoms. The lowest BCUT2D eigenvalue weighted by Gasteiger charge is -2.00. The molecule has 1 aromatic heterocycles. The molecule has 0 N–H and O–H groups in total. The van der Waals surface area contributed by atoms with Crippen molar-refractivity contribution in [1.29, 1.82) is 0 Å². The Hall–Kier alpha value is -2.16. The standard InChI is InChI=1S/C13H12N2O/c1-2-5-12(6-3-1)7-4-8-16-13-9-14-11-15-10-13/h1-7,9-11H,8H2/b7-4+. The Morgan fingerprint density at radius 1 is 1.06 bits per heavy atom. The van der Waals surface area contributed by atoms with Gasteiger partial charge in [0.25, 0.3) is 0 Å². The van der Waals surface area contributed by atoms with Crippen molar-refractivity contribution in [3.05, 3.63) is 60.7 Å². The van der Waals surface area contributed by atoms with E-state index in [4.69, 9.17) is 4.74 Å². The average molecular weight is 212 g/mol. The largest absolute Gasteiger partial charge is 0.486 e. The van der Waals surface area contributed by atoms with E-state index >= 15 is 0 Å². The summed E-state index contributed by atoms with van der Waals surface area (Å²) >= 11 is 0. The van der Waals surface area contributed by atoms with Crippen LogP contribution in [0.15, 0.2) is 55.1 Å². The maximum Gasteiger partial charge on any atom is 0.156 e. The third-order valence-electron chi connectivity index (χ3n) is 1.99. The van der Waals surface area contributed by atoms with Gasteiger partial charge >= 0.3 is 0 Å². The van der Waals surface area contributed by atoms with E-state index in [0.29, 0.717) is 12.4 Å². The molecule has 0 aliphatic carbocycles. The molecule has 80 valence electrons. The Morgan fingerprint density at radius 3 is 2.56 bits per heavy atom. The van der Waals surface area contributed by atoms with Crippen LogP contribution in [0, 0.1) is 0 Å². The first-order valence-corrected chi connectivity index (χ1v) is 5.04. The molecule has 0 aliphatic heterocycles. The lowest BCUT2D eigenvalue weighted by atomic mass is 10.2. The topological polar surface area (TPSA) is 35.0 Å². The Balaban J connectivity index is 1.83. The van der Waals surface area contributed by atoms with Crippen LogP contribution in [0.5, 0.6) is 5.75 Å². The maximum absolute atomic E-state index is 5.42. The van der Waals surface area contributed by atoms with Crippen LogP contribution in [-0.4, -0.2) is 16.6 Å². The van der Waals surface area contributed by atoms with Gasteiger partial charge in [-0.25, -0.2) is 9.97 Å². The number of rotatable bonds is 4. The summed E-state index contributed by atoms with van der Waals surface area (Å²) in [5.74, 6) is 0.681. The third-order valence-corrected chi connectivity index (χ3v) is 1.99. The molecule has 0 unspecified atom stereocenters. The van der Waals surface area contributed by atoms with Crippen LogP contribution >= 0.6 is 0 Å². The number of ether oxygens (including phenoxy) is 1. The van der Waals surface area contributed by atoms with Crippen LogP contribution < -0.4 is 4.74 Å². The zero-order valence-electron chi connectivity index (χ0n) is 8.78. The fourth-order valence-corrected chi connectivity index (χ4v) is 1.25. The minimum absolute atomic E-state index is 0.516. The minimum Gasteiger partial charge on any atom is -0.486 e. The van der Waals surface area contributed by atoms with Gasteiger partial charge in [-0.3, -0.25) is 0 Å². The molecule has 2 aromatic rings. The molecule has 0 radical (unpaired) electrons. The molecule has 1 heterocycles. The predicted molar refractivity (Wildman–Crippen MR) is 63.0 cm³/mol. The maximum atomic E-state index is 5.42. The Bertz CT molecular complexity index is 440. The molecular formula is C13H12N2O. The Labute approximate surface area is 94.4 Å². The number of aromatic nitrogens is 2. The van der Waals surface area contributed by atoms with Crippen molar-refractivity contribution in [2.24, 2.45) is 0 Å². The fraction of sp³-hybridized carbons (Fsp3) is 0.0769. The van der Waals surface area contributed by atoms with Gasteiger partial charge in [-0.15, -0.1) is 0 Å². The van der Waals surface area contributed by atoms with Crippen molar-refractivity contribution in [1.82, 2.24) is 9.97 Å². The summed E-state index contributed by atoms with van der Waals surface area (Å²) in [6.07, 6.45) is 8.74. The molecule has 2 rings (SSSR count). The minimum atomic E-state index is 0.516. The van der Waals surface area contributed by atoms with Crippen molar-refractivity contribution in [3.8, 4) is 5.75 Å². The zero-order valence-corrected chi connectivity index (χ0v) is 8.78. The van der Waals surface area contributed by atoms with Crippen LogP contribution in [0.3, 0.4) is 0 Å². The van der Waals surface area contributed by atoms with Crippen LogP contribution in [0.25, 0.3) is 6.08 Å². The summed E-state index contributed by atoms with van der Waals surface area (Å²) in [4.78, 5) is 7.72. The van der Waals surface area contributed by atoms with Gasteiger partial charge in [0, 0.05) is 0 Å². The monoisotopic (exact) mass is 212 g/mol. The molecule has 0 bridgehead atoms. The molecule has 0 fully saturated rings. The van der Waals surface area contributed by atoms with Gasteiger partial charge in [-0.05, 0) is 11.6 Å². The predicted octanol–water partition coefficient (Wildman–Crippen LogP) is 2.57. The lowest BCUT2D eigenvalue weighted by Crippen LogP contribution is -1.94. The van der Waals surface area contributed by atoms with Crippen molar-refractivity contribution < 1.29 is 4.74 Å². The van der Waals surface area contributed by atoms with Crippen LogP contribution in [0.2, 0.25) is 0 Å². The van der Waals surface area contributed by atoms with Crippen molar-refractivity contribution in [3.63, 3.8) is 0 Å². The van der Waals surface area contributed by atoms with Crippen molar-refractivity contribution in [2.45, 2.75) is 0 Å². The molecular weight excluding hydrogens is 200 g/mol. The summed E-state index contributed by atoms with van der Waals surface area (Å²) in [5.41, 5.74) is 1.16. The van der Waals surface area contributed by atoms with E-state index in [9.17, 15) is 0 Å². The number of hydrogen-bond acceptors (Lipinski definition) is 3. The molecule has 0 amide bonds. The summed E-state index contributed by atoms with van der Waals surface area (Å²) in [5, 5.41) is 0. The summed E-state index contributed by atoms with van der Waals surface area (Å²) in [6, 6.07) is 10.1. The fourth-order valence-electron chi connectivity index (χ4n) is 1.25. The van der Waals surface area contributed by atoms with Gasteiger partial charge in [0.15, 0.2) is 5.75 Å². The highest BCUT2D eigenvalue weighted by molar-refractivity contribution is 5.48. The van der Waals surface area contributed by atoms with Gasteiger partial charge < -0.3 is 4.74 Å². The molecule has 0 atom stereocenters. The summed E-state index contributed by atoms with van der Waals surface area (Å²) in [7, 11) is 0. The molecule has 0 saturated carbocycles. The van der Waals surface area contributed by atoms with Gasteiger partial charge in [0.05, 0.1) is 12.4 Å². The van der Waals surface area contributed by atoms with Crippen LogP contribution in [-0.2, 0) is 0 Å². The number of hydrogen-bond donors (Lipinski definition) is 0. The highest BCUT2D eigenvalue weighted by Crippen LogP contribution is 2.05. The van der Waals surface area contributed by atoms with E-state index in [1.165, 1.54) is 6.33 Å². The van der Waals surface area contributed by atoms with Crippen LogP contribution in [0.1, 0.15) is 5.56 Å². The van der Waals surface area contributed by atoms with Gasteiger partial charge in [-0.1, -0.05) is 36.4 Å². The second-order valence-corrected chi connectivity index (χ2v) is 3.20. The average Bonchev–Trinajstić information content (AvgIpc) is 2.37. The van der Waals surface area contributed by atoms with E-state index in [1.54, 1.807) is 12.4 Å². The molecule has 0 aliphatic rings. The first-order valence-electron chi connectivity index (χ1n) is 5.04. The normalized spacial score (nSPS) is 10.5. The first kappa shape index (κ1) is 10.4. The second kappa shape index (κ2) is 5.66. The van der Waals surface area contributed by atoms with Gasteiger partial charge in [0.1, 0.15) is 12.9 Å². The number of nitrogens with zero attached hydrogens (tertiary/aromatic N) is 2. The third kappa shape index (κ3) is 3.20. The molecule has 1 aromatic carbocycles. The molecule has 0 spiro atoms. The Morgan fingerprint density at radius 2 is 1.81 bits per heavy atom. The quantitative estimate of drug-likeness (QED) is 0.781. The van der Waals surface area contributed by atoms with E-state index in [2.05, 4.69) is 9.97 Å². The summed E-state index contributed by atoms with van der Waals surface area (Å²) in [6.45, 7) is 0.516. The SMILES string of the molecule is C(=C\c1ccccc1)/COc1cncnc1. The molecule has 3 heteroatoms. The number of benzene rings is 1. The smallest absolute Gasteiger partial charge is 0.156 e. The lowest BCUT2D eigenvalue weighted by molar-refractivity contribution is 0.360. The molecule has 0 saturated heterocycles. The highest BCUT2D eigenvalue weighted by Gasteiger charge is 1.89. The van der Waals surface area contributed by atoms with E-state index < -0.39 is 0 Å². The van der Waals surface area contributed by atoms with Gasteiger partial charge in [0.2, 0.25) is 0 Å². The Kier molecular flexibility index (Phi) is 3.66. The van der Waals surface area contributed by atoms with E-state index in [1.807, 2.05) is 42.5 Å². The van der Waals surface area contributed by atoms with Crippen molar-refractivity contribution >= 4 is 6.08 Å². The second-order valence-electron chi connectivity index (χ2n) is 3.20. The van der Waals surface area contributed by atoms with Crippen LogP contribution in [0.4, 0.5) is 0 Å². The van der Waals surface area contributed by atoms with E-state index in [-0.39, 0.29) is 0 Å². The first-order chi connectivity index (χ1) is 7.95. The summed E-state index contributed by atoms with van der Waals surface area (Å²) < 4.78 is 5.42. The highest BCUT2D eigenvalue weighted by atomic mass is 16.5. The van der Waals surface area contributed by atoms with Crippen molar-refractivity contribution in [2.75, 3.05) is 6.61 Å². The van der Waals surface area contributed by atoms with Gasteiger partial charge in [-0.2, -0.15) is 0 Å². The molecule has 3 nitrogen and oxygen atoms in total. The van der Waals surface area contributed by atoms with E-state index in [0.717, 1.165) is 5.56 Å².